The zero-order chi connectivity index (χ0) is 13.5. The van der Waals surface area contributed by atoms with Crippen LogP contribution in [0.5, 0.6) is 5.75 Å². The second-order valence-corrected chi connectivity index (χ2v) is 5.91. The van der Waals surface area contributed by atoms with Gasteiger partial charge in [0, 0.05) is 6.04 Å². The predicted molar refractivity (Wildman–Crippen MR) is 80.5 cm³/mol. The van der Waals surface area contributed by atoms with Crippen molar-refractivity contribution < 1.29 is 4.74 Å². The van der Waals surface area contributed by atoms with Crippen molar-refractivity contribution in [3.05, 3.63) is 29.8 Å². The van der Waals surface area contributed by atoms with Crippen molar-refractivity contribution in [2.75, 3.05) is 7.11 Å². The number of benzene rings is 1. The van der Waals surface area contributed by atoms with Gasteiger partial charge >= 0.3 is 0 Å². The van der Waals surface area contributed by atoms with E-state index in [2.05, 4.69) is 12.1 Å². The summed E-state index contributed by atoms with van der Waals surface area (Å²) < 4.78 is 5.26. The van der Waals surface area contributed by atoms with Gasteiger partial charge < -0.3 is 10.5 Å². The lowest BCUT2D eigenvalue weighted by Crippen LogP contribution is -2.26. The maximum Gasteiger partial charge on any atom is 0.119 e. The predicted octanol–water partition coefficient (Wildman–Crippen LogP) is 3.93. The Hall–Kier alpha value is -1.02. The van der Waals surface area contributed by atoms with E-state index in [4.69, 9.17) is 10.5 Å². The lowest BCUT2D eigenvalue weighted by molar-refractivity contribution is 0.386. The average Bonchev–Trinajstić information content (AvgIpc) is 2.67. The molecule has 0 saturated heterocycles. The van der Waals surface area contributed by atoms with Gasteiger partial charge in [-0.1, -0.05) is 50.7 Å². The quantitative estimate of drug-likeness (QED) is 0.815. The van der Waals surface area contributed by atoms with Crippen LogP contribution >= 0.6 is 0 Å². The van der Waals surface area contributed by atoms with E-state index in [1.807, 2.05) is 12.1 Å². The third kappa shape index (κ3) is 4.87. The first-order chi connectivity index (χ1) is 9.28. The largest absolute Gasteiger partial charge is 0.497 e. The van der Waals surface area contributed by atoms with Crippen LogP contribution in [0, 0.1) is 5.92 Å². The zero-order valence-corrected chi connectivity index (χ0v) is 12.1. The molecule has 1 aliphatic rings. The fraction of sp³-hybridized carbons (Fsp3) is 0.647. The Labute approximate surface area is 117 Å². The molecule has 19 heavy (non-hydrogen) atoms. The Morgan fingerprint density at radius 3 is 2.63 bits per heavy atom. The first-order valence-electron chi connectivity index (χ1n) is 7.66. The minimum Gasteiger partial charge on any atom is -0.497 e. The molecule has 0 bridgehead atoms. The molecular formula is C17H27NO. The smallest absolute Gasteiger partial charge is 0.119 e. The molecule has 1 unspecified atom stereocenters. The van der Waals surface area contributed by atoms with Crippen molar-refractivity contribution in [3.8, 4) is 5.75 Å². The van der Waals surface area contributed by atoms with Crippen LogP contribution in [0.1, 0.15) is 50.5 Å². The molecule has 0 spiro atoms. The maximum absolute atomic E-state index is 6.34. The van der Waals surface area contributed by atoms with Crippen molar-refractivity contribution in [3.63, 3.8) is 0 Å². The van der Waals surface area contributed by atoms with Gasteiger partial charge in [-0.3, -0.25) is 0 Å². The molecular weight excluding hydrogens is 234 g/mol. The Bertz CT molecular complexity index is 369. The van der Waals surface area contributed by atoms with E-state index in [0.29, 0.717) is 0 Å². The highest BCUT2D eigenvalue weighted by molar-refractivity contribution is 5.28. The third-order valence-corrected chi connectivity index (χ3v) is 4.24. The van der Waals surface area contributed by atoms with Crippen LogP contribution in [-0.2, 0) is 6.42 Å². The van der Waals surface area contributed by atoms with Crippen LogP contribution < -0.4 is 10.5 Å². The fourth-order valence-electron chi connectivity index (χ4n) is 3.21. The van der Waals surface area contributed by atoms with E-state index < -0.39 is 0 Å². The van der Waals surface area contributed by atoms with Crippen molar-refractivity contribution in [1.29, 1.82) is 0 Å². The molecule has 1 aliphatic carbocycles. The molecule has 1 atom stereocenters. The van der Waals surface area contributed by atoms with E-state index in [-0.39, 0.29) is 6.04 Å². The highest BCUT2D eigenvalue weighted by Crippen LogP contribution is 2.27. The zero-order valence-electron chi connectivity index (χ0n) is 12.1. The number of nitrogens with two attached hydrogens (primary N) is 1. The van der Waals surface area contributed by atoms with Crippen molar-refractivity contribution in [1.82, 2.24) is 0 Å². The maximum atomic E-state index is 6.34. The van der Waals surface area contributed by atoms with Crippen LogP contribution in [0.3, 0.4) is 0 Å². The van der Waals surface area contributed by atoms with Gasteiger partial charge in [-0.25, -0.2) is 0 Å². The molecule has 1 fully saturated rings. The Kier molecular flexibility index (Phi) is 5.71. The Morgan fingerprint density at radius 1 is 1.21 bits per heavy atom. The summed E-state index contributed by atoms with van der Waals surface area (Å²) >= 11 is 0. The average molecular weight is 261 g/mol. The summed E-state index contributed by atoms with van der Waals surface area (Å²) in [6.45, 7) is 0. The molecule has 0 heterocycles. The van der Waals surface area contributed by atoms with Gasteiger partial charge in [0.15, 0.2) is 0 Å². The molecule has 106 valence electrons. The minimum atomic E-state index is 0.287. The number of hydrogen-bond acceptors (Lipinski definition) is 2. The molecule has 0 amide bonds. The van der Waals surface area contributed by atoms with Gasteiger partial charge in [0.05, 0.1) is 7.11 Å². The summed E-state index contributed by atoms with van der Waals surface area (Å²) in [7, 11) is 1.71. The Balaban J connectivity index is 1.83. The normalized spacial score (nSPS) is 18.8. The highest BCUT2D eigenvalue weighted by atomic mass is 16.5. The summed E-state index contributed by atoms with van der Waals surface area (Å²) in [6, 6.07) is 8.57. The molecule has 2 rings (SSSR count). The summed E-state index contributed by atoms with van der Waals surface area (Å²) in [5, 5.41) is 0. The fourth-order valence-corrected chi connectivity index (χ4v) is 3.21. The van der Waals surface area contributed by atoms with Gasteiger partial charge in [0.25, 0.3) is 0 Å². The van der Waals surface area contributed by atoms with Gasteiger partial charge in [0.1, 0.15) is 5.75 Å². The first kappa shape index (κ1) is 14.4. The van der Waals surface area contributed by atoms with Crippen LogP contribution in [0.15, 0.2) is 24.3 Å². The van der Waals surface area contributed by atoms with Crippen LogP contribution in [-0.4, -0.2) is 13.2 Å². The van der Waals surface area contributed by atoms with Crippen LogP contribution in [0.25, 0.3) is 0 Å². The third-order valence-electron chi connectivity index (χ3n) is 4.24. The number of methoxy groups -OCH3 is 1. The molecule has 2 heteroatoms. The van der Waals surface area contributed by atoms with E-state index in [0.717, 1.165) is 18.1 Å². The first-order valence-corrected chi connectivity index (χ1v) is 7.66. The topological polar surface area (TPSA) is 35.2 Å². The van der Waals surface area contributed by atoms with Crippen LogP contribution in [0.4, 0.5) is 0 Å². The van der Waals surface area contributed by atoms with E-state index in [1.165, 1.54) is 50.5 Å². The standard InChI is InChI=1S/C17H27NO/c1-19-17-10-6-9-15(13-17)12-16(18)11-14-7-4-2-3-5-8-14/h6,9-10,13-14,16H,2-5,7-8,11-12,18H2,1H3. The van der Waals surface area contributed by atoms with Gasteiger partial charge in [0.2, 0.25) is 0 Å². The number of hydrogen-bond donors (Lipinski definition) is 1. The van der Waals surface area contributed by atoms with Crippen LogP contribution in [0.2, 0.25) is 0 Å². The minimum absolute atomic E-state index is 0.287. The van der Waals surface area contributed by atoms with Crippen molar-refractivity contribution in [2.24, 2.45) is 11.7 Å². The van der Waals surface area contributed by atoms with E-state index >= 15 is 0 Å². The SMILES string of the molecule is COc1cccc(CC(N)CC2CCCCCC2)c1. The molecule has 2 nitrogen and oxygen atoms in total. The van der Waals surface area contributed by atoms with Gasteiger partial charge in [-0.2, -0.15) is 0 Å². The number of ether oxygens (including phenoxy) is 1. The van der Waals surface area contributed by atoms with Gasteiger partial charge in [-0.05, 0) is 36.5 Å². The second kappa shape index (κ2) is 7.54. The summed E-state index contributed by atoms with van der Waals surface area (Å²) in [5.74, 6) is 1.78. The highest BCUT2D eigenvalue weighted by Gasteiger charge is 2.16. The molecule has 1 aromatic carbocycles. The Morgan fingerprint density at radius 2 is 1.95 bits per heavy atom. The molecule has 0 aromatic heterocycles. The number of rotatable bonds is 5. The lowest BCUT2D eigenvalue weighted by Gasteiger charge is -2.19. The summed E-state index contributed by atoms with van der Waals surface area (Å²) in [4.78, 5) is 0. The monoisotopic (exact) mass is 261 g/mol. The van der Waals surface area contributed by atoms with Crippen molar-refractivity contribution in [2.45, 2.75) is 57.4 Å². The molecule has 1 saturated carbocycles. The molecule has 0 aliphatic heterocycles. The van der Waals surface area contributed by atoms with E-state index in [9.17, 15) is 0 Å². The van der Waals surface area contributed by atoms with Gasteiger partial charge in [-0.15, -0.1) is 0 Å². The van der Waals surface area contributed by atoms with Crippen molar-refractivity contribution >= 4 is 0 Å². The lowest BCUT2D eigenvalue weighted by atomic mass is 9.90. The van der Waals surface area contributed by atoms with E-state index in [1.54, 1.807) is 7.11 Å². The summed E-state index contributed by atoms with van der Waals surface area (Å²) in [6.07, 6.45) is 10.5. The molecule has 0 radical (unpaired) electrons. The molecule has 1 aromatic rings. The second-order valence-electron chi connectivity index (χ2n) is 5.91. The molecule has 2 N–H and O–H groups in total. The summed E-state index contributed by atoms with van der Waals surface area (Å²) in [5.41, 5.74) is 7.63.